The molecule has 3 N–H and O–H groups in total. The summed E-state index contributed by atoms with van der Waals surface area (Å²) in [4.78, 5) is 8.20. The maximum Gasteiger partial charge on any atom is 0.148 e. The number of rotatable bonds is 2. The number of ether oxygens (including phenoxy) is 1. The summed E-state index contributed by atoms with van der Waals surface area (Å²) in [5, 5.41) is 9.81. The third-order valence-corrected chi connectivity index (χ3v) is 3.39. The highest BCUT2D eigenvalue weighted by molar-refractivity contribution is 5.92. The lowest BCUT2D eigenvalue weighted by Gasteiger charge is -2.14. The van der Waals surface area contributed by atoms with Crippen molar-refractivity contribution in [3.63, 3.8) is 0 Å². The van der Waals surface area contributed by atoms with E-state index >= 15 is 0 Å². The Kier molecular flexibility index (Phi) is 2.85. The summed E-state index contributed by atoms with van der Waals surface area (Å²) in [5.41, 5.74) is 7.18. The van der Waals surface area contributed by atoms with Crippen molar-refractivity contribution in [2.45, 2.75) is 25.2 Å². The first-order chi connectivity index (χ1) is 9.24. The average molecular weight is 258 g/mol. The van der Waals surface area contributed by atoms with E-state index in [4.69, 9.17) is 22.0 Å². The number of terminal acetylenes is 1. The van der Waals surface area contributed by atoms with Crippen molar-refractivity contribution in [2.24, 2.45) is 0 Å². The topological polar surface area (TPSA) is 86.2 Å². The van der Waals surface area contributed by atoms with Crippen LogP contribution in [0.4, 0.5) is 5.82 Å². The molecule has 3 heterocycles. The molecule has 6 nitrogen and oxygen atoms in total. The van der Waals surface area contributed by atoms with Crippen molar-refractivity contribution in [3.8, 4) is 12.3 Å². The van der Waals surface area contributed by atoms with Gasteiger partial charge < -0.3 is 20.1 Å². The van der Waals surface area contributed by atoms with Gasteiger partial charge in [-0.2, -0.15) is 0 Å². The molecule has 3 rings (SSSR count). The van der Waals surface area contributed by atoms with Gasteiger partial charge in [-0.1, -0.05) is 5.92 Å². The highest BCUT2D eigenvalue weighted by Gasteiger charge is 2.28. The molecule has 0 aromatic carbocycles. The van der Waals surface area contributed by atoms with Gasteiger partial charge >= 0.3 is 0 Å². The summed E-state index contributed by atoms with van der Waals surface area (Å²) in [6.45, 7) is 0.0226. The Morgan fingerprint density at radius 1 is 1.53 bits per heavy atom. The van der Waals surface area contributed by atoms with Crippen molar-refractivity contribution >= 4 is 16.9 Å². The van der Waals surface area contributed by atoms with E-state index in [1.54, 1.807) is 6.20 Å². The molecule has 1 aliphatic rings. The highest BCUT2D eigenvalue weighted by Crippen LogP contribution is 2.33. The quantitative estimate of drug-likeness (QED) is 0.773. The summed E-state index contributed by atoms with van der Waals surface area (Å²) in [7, 11) is 0. The van der Waals surface area contributed by atoms with E-state index < -0.39 is 0 Å². The summed E-state index contributed by atoms with van der Waals surface area (Å²) in [6.07, 6.45) is 10.0. The van der Waals surface area contributed by atoms with E-state index in [1.807, 2.05) is 4.57 Å². The van der Waals surface area contributed by atoms with Gasteiger partial charge in [-0.15, -0.1) is 6.42 Å². The normalized spacial score (nSPS) is 22.7. The predicted octanol–water partition coefficient (Wildman–Crippen LogP) is 0.665. The predicted molar refractivity (Wildman–Crippen MR) is 70.1 cm³/mol. The largest absolute Gasteiger partial charge is 0.394 e. The monoisotopic (exact) mass is 258 g/mol. The molecule has 2 aromatic rings. The number of fused-ring (bicyclic) bond motifs is 1. The van der Waals surface area contributed by atoms with E-state index in [1.165, 1.54) is 6.33 Å². The molecule has 0 bridgehead atoms. The number of aromatic nitrogens is 3. The first-order valence-corrected chi connectivity index (χ1v) is 6.08. The molecule has 2 atom stereocenters. The minimum Gasteiger partial charge on any atom is -0.394 e. The van der Waals surface area contributed by atoms with Crippen molar-refractivity contribution < 1.29 is 9.84 Å². The lowest BCUT2D eigenvalue weighted by Crippen LogP contribution is -2.14. The zero-order valence-electron chi connectivity index (χ0n) is 10.3. The molecule has 0 spiro atoms. The second-order valence-corrected chi connectivity index (χ2v) is 4.52. The van der Waals surface area contributed by atoms with E-state index in [-0.39, 0.29) is 18.9 Å². The summed E-state index contributed by atoms with van der Waals surface area (Å²) < 4.78 is 7.62. The second kappa shape index (κ2) is 4.53. The molecule has 6 heteroatoms. The molecule has 98 valence electrons. The Morgan fingerprint density at radius 3 is 3.05 bits per heavy atom. The van der Waals surface area contributed by atoms with Crippen LogP contribution in [0.3, 0.4) is 0 Å². The molecule has 1 saturated heterocycles. The lowest BCUT2D eigenvalue weighted by atomic mass is 10.2. The van der Waals surface area contributed by atoms with Crippen molar-refractivity contribution in [2.75, 3.05) is 12.3 Å². The van der Waals surface area contributed by atoms with Crippen molar-refractivity contribution in [3.05, 3.63) is 18.1 Å². The van der Waals surface area contributed by atoms with E-state index in [2.05, 4.69) is 15.9 Å². The standard InChI is InChI=1S/C13H14N4O2/c1-2-8-5-17(10-4-3-9(6-18)19-10)13-11(8)12(14)15-7-16-13/h1,5,7,9-10,18H,3-4,6H2,(H2,14,15,16). The Balaban J connectivity index is 2.10. The molecular weight excluding hydrogens is 244 g/mol. The Morgan fingerprint density at radius 2 is 2.37 bits per heavy atom. The number of nitrogens with zero attached hydrogens (tertiary/aromatic N) is 3. The zero-order chi connectivity index (χ0) is 13.4. The minimum atomic E-state index is -0.170. The maximum absolute atomic E-state index is 9.13. The van der Waals surface area contributed by atoms with Crippen LogP contribution in [0.2, 0.25) is 0 Å². The van der Waals surface area contributed by atoms with Crippen LogP contribution in [0.5, 0.6) is 0 Å². The van der Waals surface area contributed by atoms with E-state index in [9.17, 15) is 0 Å². The molecule has 0 radical (unpaired) electrons. The Labute approximate surface area is 110 Å². The van der Waals surface area contributed by atoms with Gasteiger partial charge in [-0.25, -0.2) is 9.97 Å². The third kappa shape index (κ3) is 1.84. The number of hydrogen-bond acceptors (Lipinski definition) is 5. The summed E-state index contributed by atoms with van der Waals surface area (Å²) >= 11 is 0. The molecular formula is C13H14N4O2. The smallest absolute Gasteiger partial charge is 0.148 e. The van der Waals surface area contributed by atoms with Crippen molar-refractivity contribution in [1.29, 1.82) is 0 Å². The van der Waals surface area contributed by atoms with Gasteiger partial charge in [0.2, 0.25) is 0 Å². The number of nitrogens with two attached hydrogens (primary N) is 1. The summed E-state index contributed by atoms with van der Waals surface area (Å²) in [6, 6.07) is 0. The lowest BCUT2D eigenvalue weighted by molar-refractivity contribution is -0.0204. The molecule has 0 amide bonds. The van der Waals surface area contributed by atoms with Crippen LogP contribution in [-0.2, 0) is 4.74 Å². The molecule has 0 aliphatic carbocycles. The van der Waals surface area contributed by atoms with E-state index in [0.717, 1.165) is 12.8 Å². The van der Waals surface area contributed by atoms with Gasteiger partial charge in [-0.3, -0.25) is 0 Å². The van der Waals surface area contributed by atoms with E-state index in [0.29, 0.717) is 22.4 Å². The van der Waals surface area contributed by atoms with Gasteiger partial charge in [0.25, 0.3) is 0 Å². The number of aliphatic hydroxyl groups excluding tert-OH is 1. The zero-order valence-corrected chi connectivity index (χ0v) is 10.3. The van der Waals surface area contributed by atoms with Crippen LogP contribution in [-0.4, -0.2) is 32.4 Å². The minimum absolute atomic E-state index is 0.0226. The number of hydrogen-bond donors (Lipinski definition) is 2. The Bertz CT molecular complexity index is 658. The molecule has 2 unspecified atom stereocenters. The van der Waals surface area contributed by atoms with Gasteiger partial charge in [0, 0.05) is 6.20 Å². The molecule has 0 saturated carbocycles. The first-order valence-electron chi connectivity index (χ1n) is 6.08. The van der Waals surface area contributed by atoms with Gasteiger partial charge in [0.05, 0.1) is 23.7 Å². The Hall–Kier alpha value is -2.10. The van der Waals surface area contributed by atoms with Crippen LogP contribution in [0.25, 0.3) is 11.0 Å². The fraction of sp³-hybridized carbons (Fsp3) is 0.385. The maximum atomic E-state index is 9.13. The molecule has 19 heavy (non-hydrogen) atoms. The fourth-order valence-corrected chi connectivity index (χ4v) is 2.46. The van der Waals surface area contributed by atoms with Crippen LogP contribution in [0.15, 0.2) is 12.5 Å². The fourth-order valence-electron chi connectivity index (χ4n) is 2.46. The van der Waals surface area contributed by atoms with Crippen molar-refractivity contribution in [1.82, 2.24) is 14.5 Å². The highest BCUT2D eigenvalue weighted by atomic mass is 16.5. The molecule has 2 aromatic heterocycles. The van der Waals surface area contributed by atoms with Crippen LogP contribution < -0.4 is 5.73 Å². The van der Waals surface area contributed by atoms with Gasteiger partial charge in [-0.05, 0) is 12.8 Å². The van der Waals surface area contributed by atoms with Crippen LogP contribution >= 0.6 is 0 Å². The second-order valence-electron chi connectivity index (χ2n) is 4.52. The number of anilines is 1. The number of nitrogen functional groups attached to an aromatic ring is 1. The van der Waals surface area contributed by atoms with Gasteiger partial charge in [0.1, 0.15) is 24.0 Å². The van der Waals surface area contributed by atoms with Gasteiger partial charge in [0.15, 0.2) is 0 Å². The number of aliphatic hydroxyl groups is 1. The SMILES string of the molecule is C#Cc1cn(C2CCC(CO)O2)c2ncnc(N)c12. The first kappa shape index (κ1) is 12.0. The third-order valence-electron chi connectivity index (χ3n) is 3.39. The van der Waals surface area contributed by atoms with Crippen LogP contribution in [0, 0.1) is 12.3 Å². The summed E-state index contributed by atoms with van der Waals surface area (Å²) in [5.74, 6) is 2.96. The average Bonchev–Trinajstić information content (AvgIpc) is 3.02. The molecule has 1 fully saturated rings. The van der Waals surface area contributed by atoms with Crippen LogP contribution in [0.1, 0.15) is 24.6 Å². The molecule has 1 aliphatic heterocycles.